The second-order valence-electron chi connectivity index (χ2n) is 3.86. The maximum absolute atomic E-state index is 6.17. The molecule has 1 heterocycles. The molecule has 17 heavy (non-hydrogen) atoms. The number of aryl methyl sites for hydroxylation is 2. The van der Waals surface area contributed by atoms with Crippen LogP contribution in [0, 0.1) is 13.8 Å². The van der Waals surface area contributed by atoms with E-state index < -0.39 is 0 Å². The van der Waals surface area contributed by atoms with Crippen molar-refractivity contribution in [3.63, 3.8) is 0 Å². The summed E-state index contributed by atoms with van der Waals surface area (Å²) >= 11 is 13.7. The van der Waals surface area contributed by atoms with Crippen molar-refractivity contribution in [1.29, 1.82) is 0 Å². The smallest absolute Gasteiger partial charge is 0.188 e. The van der Waals surface area contributed by atoms with Crippen molar-refractivity contribution in [3.05, 3.63) is 39.7 Å². The highest BCUT2D eigenvalue weighted by atomic mass is 35.5. The predicted octanol–water partition coefficient (Wildman–Crippen LogP) is 4.20. The lowest BCUT2D eigenvalue weighted by Crippen LogP contribution is -2.07. The third kappa shape index (κ3) is 3.03. The average Bonchev–Trinajstić information content (AvgIpc) is 2.30. The highest BCUT2D eigenvalue weighted by Crippen LogP contribution is 2.36. The molecule has 1 unspecified atom stereocenters. The van der Waals surface area contributed by atoms with Crippen molar-refractivity contribution >= 4 is 35.0 Å². The van der Waals surface area contributed by atoms with Gasteiger partial charge in [-0.05, 0) is 31.9 Å². The first kappa shape index (κ1) is 12.9. The Kier molecular flexibility index (Phi) is 4.13. The Bertz CT molecular complexity index is 497. The largest absolute Gasteiger partial charge is 0.231 e. The van der Waals surface area contributed by atoms with E-state index >= 15 is 0 Å². The second kappa shape index (κ2) is 5.42. The minimum atomic E-state index is 0.122. The van der Waals surface area contributed by atoms with E-state index in [1.807, 2.05) is 32.2 Å². The fourth-order valence-electron chi connectivity index (χ4n) is 1.42. The van der Waals surface area contributed by atoms with Crippen LogP contribution in [0.5, 0.6) is 0 Å². The maximum atomic E-state index is 6.17. The van der Waals surface area contributed by atoms with E-state index in [2.05, 4.69) is 9.97 Å². The van der Waals surface area contributed by atoms with Gasteiger partial charge in [0, 0.05) is 11.9 Å². The van der Waals surface area contributed by atoms with Gasteiger partial charge in [0.15, 0.2) is 5.16 Å². The van der Waals surface area contributed by atoms with E-state index in [1.54, 1.807) is 11.8 Å². The van der Waals surface area contributed by atoms with Gasteiger partial charge in [0.1, 0.15) is 0 Å². The Hall–Kier alpha value is -0.510. The fourth-order valence-corrected chi connectivity index (χ4v) is 2.99. The van der Waals surface area contributed by atoms with Gasteiger partial charge in [-0.2, -0.15) is 0 Å². The quantitative estimate of drug-likeness (QED) is 0.762. The molecule has 1 aliphatic rings. The third-order valence-corrected chi connectivity index (χ3v) is 4.72. The fraction of sp³-hybridized carbons (Fsp3) is 0.333. The zero-order valence-electron chi connectivity index (χ0n) is 9.58. The van der Waals surface area contributed by atoms with Gasteiger partial charge in [0.25, 0.3) is 0 Å². The second-order valence-corrected chi connectivity index (χ2v) is 5.85. The molecule has 2 nitrogen and oxygen atoms in total. The lowest BCUT2D eigenvalue weighted by Gasteiger charge is -2.17. The number of halogens is 2. The summed E-state index contributed by atoms with van der Waals surface area (Å²) in [5, 5.41) is 2.16. The zero-order chi connectivity index (χ0) is 12.4. The van der Waals surface area contributed by atoms with Crippen LogP contribution in [0.1, 0.15) is 17.7 Å². The summed E-state index contributed by atoms with van der Waals surface area (Å²) in [7, 11) is 0. The van der Waals surface area contributed by atoms with E-state index in [9.17, 15) is 0 Å². The Balaban J connectivity index is 2.16. The number of rotatable bonds is 2. The van der Waals surface area contributed by atoms with Crippen LogP contribution in [-0.4, -0.2) is 15.2 Å². The third-order valence-electron chi connectivity index (χ3n) is 2.58. The SMILES string of the molecule is Cc1cnc(SC2CC=CC(Cl)=C2Cl)nc1C. The Morgan fingerprint density at radius 2 is 2.12 bits per heavy atom. The van der Waals surface area contributed by atoms with Crippen molar-refractivity contribution in [2.24, 2.45) is 0 Å². The maximum Gasteiger partial charge on any atom is 0.188 e. The molecule has 1 aromatic rings. The van der Waals surface area contributed by atoms with E-state index in [0.29, 0.717) is 10.1 Å². The van der Waals surface area contributed by atoms with Gasteiger partial charge in [0.05, 0.1) is 15.3 Å². The summed E-state index contributed by atoms with van der Waals surface area (Å²) in [6.45, 7) is 3.98. The summed E-state index contributed by atoms with van der Waals surface area (Å²) in [6, 6.07) is 0. The molecule has 1 atom stereocenters. The molecular formula is C12H12Cl2N2S. The molecule has 1 aromatic heterocycles. The van der Waals surface area contributed by atoms with Crippen molar-refractivity contribution in [1.82, 2.24) is 9.97 Å². The van der Waals surface area contributed by atoms with Gasteiger partial charge in [-0.25, -0.2) is 9.97 Å². The zero-order valence-corrected chi connectivity index (χ0v) is 11.9. The van der Waals surface area contributed by atoms with Crippen molar-refractivity contribution in [2.45, 2.75) is 30.7 Å². The number of thioether (sulfide) groups is 1. The average molecular weight is 287 g/mol. The summed E-state index contributed by atoms with van der Waals surface area (Å²) < 4.78 is 0. The molecular weight excluding hydrogens is 275 g/mol. The van der Waals surface area contributed by atoms with Crippen molar-refractivity contribution < 1.29 is 0 Å². The predicted molar refractivity (Wildman–Crippen MR) is 73.6 cm³/mol. The molecule has 0 aromatic carbocycles. The van der Waals surface area contributed by atoms with Crippen LogP contribution < -0.4 is 0 Å². The van der Waals surface area contributed by atoms with Crippen LogP contribution in [0.15, 0.2) is 33.6 Å². The minimum Gasteiger partial charge on any atom is -0.231 e. The lowest BCUT2D eigenvalue weighted by atomic mass is 10.2. The van der Waals surface area contributed by atoms with Crippen LogP contribution in [0.3, 0.4) is 0 Å². The van der Waals surface area contributed by atoms with E-state index in [0.717, 1.165) is 22.8 Å². The highest BCUT2D eigenvalue weighted by molar-refractivity contribution is 8.00. The molecule has 0 fully saturated rings. The number of hydrogen-bond acceptors (Lipinski definition) is 3. The Morgan fingerprint density at radius 3 is 2.82 bits per heavy atom. The normalized spacial score (nSPS) is 19.9. The number of aromatic nitrogens is 2. The highest BCUT2D eigenvalue weighted by Gasteiger charge is 2.20. The molecule has 2 rings (SSSR count). The molecule has 0 radical (unpaired) electrons. The van der Waals surface area contributed by atoms with Crippen molar-refractivity contribution in [3.8, 4) is 0 Å². The molecule has 0 bridgehead atoms. The molecule has 5 heteroatoms. The standard InChI is InChI=1S/C12H12Cl2N2S/c1-7-6-15-12(16-8(7)2)17-10-5-3-4-9(13)11(10)14/h3-4,6,10H,5H2,1-2H3. The lowest BCUT2D eigenvalue weighted by molar-refractivity contribution is 0.902. The minimum absolute atomic E-state index is 0.122. The Morgan fingerprint density at radius 1 is 1.35 bits per heavy atom. The summed E-state index contributed by atoms with van der Waals surface area (Å²) in [5.41, 5.74) is 2.10. The van der Waals surface area contributed by atoms with Crippen LogP contribution >= 0.6 is 35.0 Å². The van der Waals surface area contributed by atoms with E-state index in [1.165, 1.54) is 0 Å². The molecule has 90 valence electrons. The molecule has 0 saturated carbocycles. The molecule has 1 aliphatic carbocycles. The van der Waals surface area contributed by atoms with Crippen molar-refractivity contribution in [2.75, 3.05) is 0 Å². The van der Waals surface area contributed by atoms with Crippen LogP contribution in [-0.2, 0) is 0 Å². The number of allylic oxidation sites excluding steroid dienone is 3. The number of nitrogens with zero attached hydrogens (tertiary/aromatic N) is 2. The summed E-state index contributed by atoms with van der Waals surface area (Å²) in [4.78, 5) is 8.73. The number of hydrogen-bond donors (Lipinski definition) is 0. The molecule has 0 N–H and O–H groups in total. The first-order chi connectivity index (χ1) is 8.08. The van der Waals surface area contributed by atoms with Crippen LogP contribution in [0.25, 0.3) is 0 Å². The molecule has 0 aliphatic heterocycles. The van der Waals surface area contributed by atoms with Crippen LogP contribution in [0.4, 0.5) is 0 Å². The van der Waals surface area contributed by atoms with E-state index in [4.69, 9.17) is 23.2 Å². The van der Waals surface area contributed by atoms with Gasteiger partial charge >= 0.3 is 0 Å². The Labute approximate surface area is 115 Å². The molecule has 0 amide bonds. The first-order valence-corrected chi connectivity index (χ1v) is 6.90. The molecule has 0 spiro atoms. The summed E-state index contributed by atoms with van der Waals surface area (Å²) in [5.74, 6) is 0. The van der Waals surface area contributed by atoms with Gasteiger partial charge in [-0.15, -0.1) is 0 Å². The molecule has 0 saturated heterocycles. The summed E-state index contributed by atoms with van der Waals surface area (Å²) in [6.07, 6.45) is 6.55. The van der Waals surface area contributed by atoms with Gasteiger partial charge in [-0.3, -0.25) is 0 Å². The topological polar surface area (TPSA) is 25.8 Å². The van der Waals surface area contributed by atoms with Gasteiger partial charge in [-0.1, -0.05) is 41.0 Å². The first-order valence-electron chi connectivity index (χ1n) is 5.26. The van der Waals surface area contributed by atoms with E-state index in [-0.39, 0.29) is 5.25 Å². The monoisotopic (exact) mass is 286 g/mol. The van der Waals surface area contributed by atoms with Crippen LogP contribution in [0.2, 0.25) is 0 Å². The van der Waals surface area contributed by atoms with Gasteiger partial charge < -0.3 is 0 Å². The van der Waals surface area contributed by atoms with Gasteiger partial charge in [0.2, 0.25) is 0 Å².